The molecule has 3 aliphatic carbocycles. The van der Waals surface area contributed by atoms with E-state index in [0.29, 0.717) is 12.5 Å². The summed E-state index contributed by atoms with van der Waals surface area (Å²) in [5, 5.41) is 0. The van der Waals surface area contributed by atoms with E-state index in [2.05, 4.69) is 4.90 Å². The molecule has 0 saturated heterocycles. The molecule has 20 heavy (non-hydrogen) atoms. The maximum atomic E-state index is 13.2. The van der Waals surface area contributed by atoms with Gasteiger partial charge < -0.3 is 10.6 Å². The molecule has 0 aromatic rings. The molecule has 3 nitrogen and oxygen atoms in total. The summed E-state index contributed by atoms with van der Waals surface area (Å²) in [5.74, 6) is 1.98. The van der Waals surface area contributed by atoms with Gasteiger partial charge in [-0.3, -0.25) is 4.79 Å². The van der Waals surface area contributed by atoms with Crippen molar-refractivity contribution in [3.63, 3.8) is 0 Å². The summed E-state index contributed by atoms with van der Waals surface area (Å²) in [6.07, 6.45) is 12.3. The van der Waals surface area contributed by atoms with Gasteiger partial charge >= 0.3 is 0 Å². The van der Waals surface area contributed by atoms with Gasteiger partial charge in [0.2, 0.25) is 5.91 Å². The van der Waals surface area contributed by atoms with Crippen molar-refractivity contribution in [3.8, 4) is 0 Å². The molecule has 1 amide bonds. The minimum Gasteiger partial charge on any atom is -0.342 e. The Labute approximate surface area is 123 Å². The van der Waals surface area contributed by atoms with Crippen molar-refractivity contribution in [2.24, 2.45) is 23.0 Å². The second-order valence-electron chi connectivity index (χ2n) is 7.50. The van der Waals surface area contributed by atoms with Gasteiger partial charge in [-0.25, -0.2) is 0 Å². The molecule has 0 aliphatic heterocycles. The van der Waals surface area contributed by atoms with E-state index in [1.165, 1.54) is 51.4 Å². The standard InChI is InChI=1S/C17H30N2O/c18-13-17(9-3-1-2-4-10-17)16(20)19(11-14-5-6-14)12-15-7-8-15/h14-15H,1-13,18H2. The van der Waals surface area contributed by atoms with Gasteiger partial charge in [-0.15, -0.1) is 0 Å². The van der Waals surface area contributed by atoms with Crippen LogP contribution in [0.15, 0.2) is 0 Å². The molecule has 3 rings (SSSR count). The van der Waals surface area contributed by atoms with E-state index >= 15 is 0 Å². The molecule has 3 fully saturated rings. The molecule has 0 aromatic carbocycles. The fourth-order valence-electron chi connectivity index (χ4n) is 3.71. The van der Waals surface area contributed by atoms with Crippen LogP contribution >= 0.6 is 0 Å². The zero-order chi connectivity index (χ0) is 14.0. The second kappa shape index (κ2) is 6.05. The first-order chi connectivity index (χ1) is 9.73. The maximum absolute atomic E-state index is 13.2. The summed E-state index contributed by atoms with van der Waals surface area (Å²) in [4.78, 5) is 15.4. The van der Waals surface area contributed by atoms with Gasteiger partial charge in [0, 0.05) is 19.6 Å². The predicted molar refractivity (Wildman–Crippen MR) is 81.2 cm³/mol. The van der Waals surface area contributed by atoms with Crippen LogP contribution in [0.2, 0.25) is 0 Å². The number of carbonyl (C=O) groups excluding carboxylic acids is 1. The molecule has 2 N–H and O–H groups in total. The Hall–Kier alpha value is -0.570. The monoisotopic (exact) mass is 278 g/mol. The topological polar surface area (TPSA) is 46.3 Å². The highest BCUT2D eigenvalue weighted by Crippen LogP contribution is 2.39. The Morgan fingerprint density at radius 2 is 1.45 bits per heavy atom. The average Bonchev–Trinajstić information content (AvgIpc) is 3.32. The first kappa shape index (κ1) is 14.4. The lowest BCUT2D eigenvalue weighted by Crippen LogP contribution is -2.49. The first-order valence-corrected chi connectivity index (χ1v) is 8.73. The van der Waals surface area contributed by atoms with Gasteiger partial charge in [0.1, 0.15) is 0 Å². The average molecular weight is 278 g/mol. The van der Waals surface area contributed by atoms with Crippen LogP contribution in [-0.4, -0.2) is 30.4 Å². The number of hydrogen-bond donors (Lipinski definition) is 1. The van der Waals surface area contributed by atoms with Gasteiger partial charge in [-0.1, -0.05) is 25.7 Å². The van der Waals surface area contributed by atoms with Crippen LogP contribution in [-0.2, 0) is 4.79 Å². The molecule has 3 aliphatic rings. The number of amides is 1. The molecule has 0 heterocycles. The van der Waals surface area contributed by atoms with Gasteiger partial charge in [0.15, 0.2) is 0 Å². The third kappa shape index (κ3) is 3.36. The molecular formula is C17H30N2O. The molecular weight excluding hydrogens is 248 g/mol. The zero-order valence-electron chi connectivity index (χ0n) is 12.8. The number of nitrogens with zero attached hydrogens (tertiary/aromatic N) is 1. The van der Waals surface area contributed by atoms with Crippen LogP contribution in [0.1, 0.15) is 64.2 Å². The van der Waals surface area contributed by atoms with E-state index in [9.17, 15) is 4.79 Å². The highest BCUT2D eigenvalue weighted by molar-refractivity contribution is 5.83. The van der Waals surface area contributed by atoms with Crippen LogP contribution in [0.25, 0.3) is 0 Å². The van der Waals surface area contributed by atoms with E-state index < -0.39 is 0 Å². The minimum atomic E-state index is -0.222. The molecule has 0 unspecified atom stereocenters. The Morgan fingerprint density at radius 3 is 1.85 bits per heavy atom. The summed E-state index contributed by atoms with van der Waals surface area (Å²) in [6, 6.07) is 0. The smallest absolute Gasteiger partial charge is 0.230 e. The van der Waals surface area contributed by atoms with E-state index in [4.69, 9.17) is 5.73 Å². The summed E-state index contributed by atoms with van der Waals surface area (Å²) >= 11 is 0. The van der Waals surface area contributed by atoms with Crippen LogP contribution in [0.5, 0.6) is 0 Å². The van der Waals surface area contributed by atoms with Crippen molar-refractivity contribution in [2.75, 3.05) is 19.6 Å². The Kier molecular flexibility index (Phi) is 4.34. The van der Waals surface area contributed by atoms with Gasteiger partial charge in [0.25, 0.3) is 0 Å². The van der Waals surface area contributed by atoms with Crippen LogP contribution in [0.3, 0.4) is 0 Å². The summed E-state index contributed by atoms with van der Waals surface area (Å²) in [6.45, 7) is 2.58. The second-order valence-corrected chi connectivity index (χ2v) is 7.50. The lowest BCUT2D eigenvalue weighted by atomic mass is 9.79. The van der Waals surface area contributed by atoms with Crippen LogP contribution in [0.4, 0.5) is 0 Å². The number of rotatable bonds is 6. The molecule has 3 saturated carbocycles. The van der Waals surface area contributed by atoms with Gasteiger partial charge in [-0.2, -0.15) is 0 Å². The fourth-order valence-corrected chi connectivity index (χ4v) is 3.71. The molecule has 0 radical (unpaired) electrons. The molecule has 3 heteroatoms. The van der Waals surface area contributed by atoms with Crippen molar-refractivity contribution in [3.05, 3.63) is 0 Å². The molecule has 114 valence electrons. The predicted octanol–water partition coefficient (Wildman–Crippen LogP) is 2.93. The van der Waals surface area contributed by atoms with Crippen LogP contribution in [0, 0.1) is 17.3 Å². The zero-order valence-corrected chi connectivity index (χ0v) is 12.8. The fraction of sp³-hybridized carbons (Fsp3) is 0.941. The van der Waals surface area contributed by atoms with Crippen molar-refractivity contribution in [1.82, 2.24) is 4.90 Å². The number of carbonyl (C=O) groups is 1. The summed E-state index contributed by atoms with van der Waals surface area (Å²) < 4.78 is 0. The first-order valence-electron chi connectivity index (χ1n) is 8.73. The van der Waals surface area contributed by atoms with Crippen molar-refractivity contribution in [1.29, 1.82) is 0 Å². The SMILES string of the molecule is NCC1(C(=O)N(CC2CC2)CC2CC2)CCCCCC1. The maximum Gasteiger partial charge on any atom is 0.230 e. The quantitative estimate of drug-likeness (QED) is 0.759. The molecule has 0 bridgehead atoms. The molecule has 0 atom stereocenters. The largest absolute Gasteiger partial charge is 0.342 e. The van der Waals surface area contributed by atoms with Crippen molar-refractivity contribution >= 4 is 5.91 Å². The third-order valence-corrected chi connectivity index (χ3v) is 5.54. The Balaban J connectivity index is 1.70. The Bertz CT molecular complexity index is 325. The minimum absolute atomic E-state index is 0.222. The van der Waals surface area contributed by atoms with E-state index in [1.54, 1.807) is 0 Å². The lowest BCUT2D eigenvalue weighted by molar-refractivity contribution is -0.143. The van der Waals surface area contributed by atoms with E-state index in [0.717, 1.165) is 37.8 Å². The molecule has 0 aromatic heterocycles. The van der Waals surface area contributed by atoms with E-state index in [-0.39, 0.29) is 5.41 Å². The highest BCUT2D eigenvalue weighted by atomic mass is 16.2. The lowest BCUT2D eigenvalue weighted by Gasteiger charge is -2.36. The van der Waals surface area contributed by atoms with Crippen molar-refractivity contribution < 1.29 is 4.79 Å². The summed E-state index contributed by atoms with van der Waals surface area (Å²) in [5.41, 5.74) is 5.87. The van der Waals surface area contributed by atoms with E-state index in [1.807, 2.05) is 0 Å². The summed E-state index contributed by atoms with van der Waals surface area (Å²) in [7, 11) is 0. The normalized spacial score (nSPS) is 26.1. The number of nitrogens with two attached hydrogens (primary N) is 1. The van der Waals surface area contributed by atoms with Crippen molar-refractivity contribution in [2.45, 2.75) is 64.2 Å². The highest BCUT2D eigenvalue weighted by Gasteiger charge is 2.42. The van der Waals surface area contributed by atoms with Gasteiger partial charge in [-0.05, 0) is 50.4 Å². The van der Waals surface area contributed by atoms with Gasteiger partial charge in [0.05, 0.1) is 5.41 Å². The molecule has 0 spiro atoms. The third-order valence-electron chi connectivity index (χ3n) is 5.54. The number of hydrogen-bond acceptors (Lipinski definition) is 2. The van der Waals surface area contributed by atoms with Crippen LogP contribution < -0.4 is 5.73 Å². The Morgan fingerprint density at radius 1 is 0.950 bits per heavy atom.